The van der Waals surface area contributed by atoms with Crippen molar-refractivity contribution < 1.29 is 0 Å². The van der Waals surface area contributed by atoms with E-state index in [4.69, 9.17) is 0 Å². The van der Waals surface area contributed by atoms with E-state index in [0.717, 1.165) is 32.7 Å². The molecule has 0 saturated carbocycles. The zero-order chi connectivity index (χ0) is 11.6. The molecule has 1 aliphatic heterocycles. The fraction of sp³-hybridized carbons (Fsp3) is 0.923. The first-order valence-electron chi connectivity index (χ1n) is 6.79. The Morgan fingerprint density at radius 3 is 2.69 bits per heavy atom. The van der Waals surface area contributed by atoms with E-state index in [1.807, 2.05) is 0 Å². The lowest BCUT2D eigenvalue weighted by atomic mass is 10.2. The van der Waals surface area contributed by atoms with Gasteiger partial charge in [-0.15, -0.1) is 0 Å². The normalized spacial score (nSPS) is 20.4. The average Bonchev–Trinajstić information content (AvgIpc) is 2.34. The fourth-order valence-corrected chi connectivity index (χ4v) is 2.04. The summed E-state index contributed by atoms with van der Waals surface area (Å²) in [5.74, 6) is 0. The maximum absolute atomic E-state index is 4.53. The van der Waals surface area contributed by atoms with Crippen molar-refractivity contribution in [1.82, 2.24) is 10.2 Å². The first kappa shape index (κ1) is 13.7. The van der Waals surface area contributed by atoms with Gasteiger partial charge in [-0.05, 0) is 13.3 Å². The van der Waals surface area contributed by atoms with Gasteiger partial charge in [0, 0.05) is 45.0 Å². The van der Waals surface area contributed by atoms with E-state index in [1.54, 1.807) is 0 Å². The van der Waals surface area contributed by atoms with Gasteiger partial charge in [0.1, 0.15) is 0 Å². The van der Waals surface area contributed by atoms with E-state index in [-0.39, 0.29) is 0 Å². The predicted molar refractivity (Wildman–Crippen MR) is 71.4 cm³/mol. The number of rotatable bonds is 7. The fourth-order valence-electron chi connectivity index (χ4n) is 2.04. The first-order chi connectivity index (χ1) is 7.84. The van der Waals surface area contributed by atoms with Crippen molar-refractivity contribution in [3.05, 3.63) is 0 Å². The van der Waals surface area contributed by atoms with Crippen LogP contribution in [-0.2, 0) is 0 Å². The van der Waals surface area contributed by atoms with E-state index < -0.39 is 0 Å². The lowest BCUT2D eigenvalue weighted by Crippen LogP contribution is -2.48. The van der Waals surface area contributed by atoms with Gasteiger partial charge in [0.2, 0.25) is 0 Å². The molecule has 0 amide bonds. The van der Waals surface area contributed by atoms with Gasteiger partial charge in [-0.1, -0.05) is 26.2 Å². The van der Waals surface area contributed by atoms with E-state index in [9.17, 15) is 0 Å². The number of aliphatic imine (C=N–C) groups is 1. The van der Waals surface area contributed by atoms with Crippen molar-refractivity contribution in [3.63, 3.8) is 0 Å². The molecule has 1 heterocycles. The molecule has 0 aromatic rings. The highest BCUT2D eigenvalue weighted by Crippen LogP contribution is 2.00. The Hall–Kier alpha value is -0.410. The summed E-state index contributed by atoms with van der Waals surface area (Å²) in [5.41, 5.74) is 0. The second-order valence-corrected chi connectivity index (χ2v) is 4.64. The minimum absolute atomic E-state index is 0.508. The van der Waals surface area contributed by atoms with Crippen LogP contribution in [-0.4, -0.2) is 49.9 Å². The van der Waals surface area contributed by atoms with Crippen LogP contribution in [0.25, 0.3) is 0 Å². The Kier molecular flexibility index (Phi) is 7.43. The molecule has 0 bridgehead atoms. The van der Waals surface area contributed by atoms with E-state index in [1.165, 1.54) is 25.7 Å². The smallest absolute Gasteiger partial charge is 0.0419 e. The molecule has 1 saturated heterocycles. The maximum Gasteiger partial charge on any atom is 0.0419 e. The molecule has 1 aliphatic rings. The van der Waals surface area contributed by atoms with Crippen molar-refractivity contribution in [2.24, 2.45) is 4.99 Å². The summed E-state index contributed by atoms with van der Waals surface area (Å²) in [6.07, 6.45) is 7.37. The molecule has 3 heteroatoms. The molecule has 1 rings (SSSR count). The van der Waals surface area contributed by atoms with Crippen LogP contribution >= 0.6 is 0 Å². The molecule has 16 heavy (non-hydrogen) atoms. The minimum atomic E-state index is 0.508. The second kappa shape index (κ2) is 8.71. The molecule has 0 aromatic heterocycles. The molecule has 1 atom stereocenters. The van der Waals surface area contributed by atoms with Crippen LogP contribution in [0.4, 0.5) is 0 Å². The summed E-state index contributed by atoms with van der Waals surface area (Å²) in [6, 6.07) is 0.508. The molecule has 1 fully saturated rings. The van der Waals surface area contributed by atoms with E-state index in [2.05, 4.69) is 35.3 Å². The standard InChI is InChI=1S/C13H27N3/c1-3-4-5-6-7-15-12-13(2)16-10-8-14-9-11-16/h12-14H,3-11H2,1-2H3. The third-order valence-corrected chi connectivity index (χ3v) is 3.19. The molecule has 1 unspecified atom stereocenters. The van der Waals surface area contributed by atoms with Crippen LogP contribution < -0.4 is 5.32 Å². The van der Waals surface area contributed by atoms with Crippen LogP contribution in [0.5, 0.6) is 0 Å². The number of nitrogens with one attached hydrogen (secondary N) is 1. The summed E-state index contributed by atoms with van der Waals surface area (Å²) in [4.78, 5) is 7.02. The number of unbranched alkanes of at least 4 members (excludes halogenated alkanes) is 3. The zero-order valence-corrected chi connectivity index (χ0v) is 10.9. The SMILES string of the molecule is CCCCCCN=CC(C)N1CCNCC1. The molecule has 3 nitrogen and oxygen atoms in total. The van der Waals surface area contributed by atoms with Gasteiger partial charge in [0.25, 0.3) is 0 Å². The quantitative estimate of drug-likeness (QED) is 0.529. The predicted octanol–water partition coefficient (Wildman–Crippen LogP) is 1.93. The van der Waals surface area contributed by atoms with E-state index in [0.29, 0.717) is 6.04 Å². The summed E-state index contributed by atoms with van der Waals surface area (Å²) < 4.78 is 0. The minimum Gasteiger partial charge on any atom is -0.314 e. The Labute approximate surface area is 100 Å². The largest absolute Gasteiger partial charge is 0.314 e. The summed E-state index contributed by atoms with van der Waals surface area (Å²) >= 11 is 0. The van der Waals surface area contributed by atoms with Crippen LogP contribution in [0.1, 0.15) is 39.5 Å². The maximum atomic E-state index is 4.53. The summed E-state index contributed by atoms with van der Waals surface area (Å²) in [7, 11) is 0. The summed E-state index contributed by atoms with van der Waals surface area (Å²) in [5, 5.41) is 3.37. The van der Waals surface area contributed by atoms with E-state index >= 15 is 0 Å². The number of hydrogen-bond acceptors (Lipinski definition) is 3. The van der Waals surface area contributed by atoms with Crippen LogP contribution in [0.3, 0.4) is 0 Å². The Bertz CT molecular complexity index is 186. The van der Waals surface area contributed by atoms with Crippen molar-refractivity contribution >= 4 is 6.21 Å². The topological polar surface area (TPSA) is 27.6 Å². The Morgan fingerprint density at radius 2 is 2.00 bits per heavy atom. The third-order valence-electron chi connectivity index (χ3n) is 3.19. The monoisotopic (exact) mass is 225 g/mol. The number of hydrogen-bond donors (Lipinski definition) is 1. The van der Waals surface area contributed by atoms with Gasteiger partial charge in [-0.3, -0.25) is 9.89 Å². The Morgan fingerprint density at radius 1 is 1.25 bits per heavy atom. The lowest BCUT2D eigenvalue weighted by molar-refractivity contribution is 0.225. The van der Waals surface area contributed by atoms with Gasteiger partial charge in [0.15, 0.2) is 0 Å². The lowest BCUT2D eigenvalue weighted by Gasteiger charge is -2.30. The molecule has 94 valence electrons. The van der Waals surface area contributed by atoms with Crippen molar-refractivity contribution in [1.29, 1.82) is 0 Å². The number of piperazine rings is 1. The molecule has 0 aromatic carbocycles. The number of nitrogens with zero attached hydrogens (tertiary/aromatic N) is 2. The van der Waals surface area contributed by atoms with Crippen LogP contribution in [0, 0.1) is 0 Å². The molecular weight excluding hydrogens is 198 g/mol. The molecule has 0 spiro atoms. The average molecular weight is 225 g/mol. The van der Waals surface area contributed by atoms with Crippen LogP contribution in [0.2, 0.25) is 0 Å². The van der Waals surface area contributed by atoms with Crippen molar-refractivity contribution in [3.8, 4) is 0 Å². The highest BCUT2D eigenvalue weighted by molar-refractivity contribution is 5.63. The zero-order valence-electron chi connectivity index (χ0n) is 10.9. The second-order valence-electron chi connectivity index (χ2n) is 4.64. The van der Waals surface area contributed by atoms with Gasteiger partial charge in [0.05, 0.1) is 0 Å². The third kappa shape index (κ3) is 5.61. The molecular formula is C13H27N3. The summed E-state index contributed by atoms with van der Waals surface area (Å²) in [6.45, 7) is 10.1. The highest BCUT2D eigenvalue weighted by Gasteiger charge is 2.13. The van der Waals surface area contributed by atoms with Crippen molar-refractivity contribution in [2.75, 3.05) is 32.7 Å². The molecule has 0 aliphatic carbocycles. The van der Waals surface area contributed by atoms with Crippen molar-refractivity contribution in [2.45, 2.75) is 45.6 Å². The van der Waals surface area contributed by atoms with Gasteiger partial charge in [-0.25, -0.2) is 0 Å². The molecule has 0 radical (unpaired) electrons. The van der Waals surface area contributed by atoms with Gasteiger partial charge < -0.3 is 5.32 Å². The molecule has 1 N–H and O–H groups in total. The highest BCUT2D eigenvalue weighted by atomic mass is 15.2. The van der Waals surface area contributed by atoms with Gasteiger partial charge >= 0.3 is 0 Å². The first-order valence-corrected chi connectivity index (χ1v) is 6.79. The Balaban J connectivity index is 2.07. The van der Waals surface area contributed by atoms with Crippen LogP contribution in [0.15, 0.2) is 4.99 Å². The van der Waals surface area contributed by atoms with Gasteiger partial charge in [-0.2, -0.15) is 0 Å².